The number of allylic oxidation sites excluding steroid dienone is 1. The minimum Gasteiger partial charge on any atom is -0.507 e. The third-order valence-corrected chi connectivity index (χ3v) is 4.69. The van der Waals surface area contributed by atoms with Crippen LogP contribution in [0.2, 0.25) is 0 Å². The molecule has 1 N–H and O–H groups in total. The van der Waals surface area contributed by atoms with Crippen LogP contribution in [0.1, 0.15) is 40.9 Å². The highest BCUT2D eigenvalue weighted by atomic mass is 19.1. The summed E-state index contributed by atoms with van der Waals surface area (Å²) in [6, 6.07) is 7.80. The molecule has 4 nitrogen and oxygen atoms in total. The summed E-state index contributed by atoms with van der Waals surface area (Å²) in [6.07, 6.45) is 1.41. The number of carbonyl (C=O) groups excluding carboxylic acids is 1. The molecule has 5 heteroatoms. The highest BCUT2D eigenvalue weighted by Crippen LogP contribution is 2.42. The van der Waals surface area contributed by atoms with E-state index in [0.29, 0.717) is 29.0 Å². The summed E-state index contributed by atoms with van der Waals surface area (Å²) in [7, 11) is 0. The van der Waals surface area contributed by atoms with Gasteiger partial charge in [-0.05, 0) is 43.8 Å². The van der Waals surface area contributed by atoms with Gasteiger partial charge in [-0.3, -0.25) is 9.69 Å². The molecule has 0 saturated heterocycles. The van der Waals surface area contributed by atoms with Crippen molar-refractivity contribution < 1.29 is 19.0 Å². The summed E-state index contributed by atoms with van der Waals surface area (Å²) in [5.74, 6) is -0.161. The van der Waals surface area contributed by atoms with Crippen molar-refractivity contribution in [1.29, 1.82) is 0 Å². The van der Waals surface area contributed by atoms with Crippen molar-refractivity contribution in [1.82, 2.24) is 4.90 Å². The Labute approximate surface area is 152 Å². The second-order valence-corrected chi connectivity index (χ2v) is 6.32. The number of benzene rings is 2. The van der Waals surface area contributed by atoms with Gasteiger partial charge in [0.15, 0.2) is 5.76 Å². The topological polar surface area (TPSA) is 49.8 Å². The van der Waals surface area contributed by atoms with Gasteiger partial charge in [0, 0.05) is 12.1 Å². The van der Waals surface area contributed by atoms with Crippen LogP contribution in [-0.2, 0) is 6.54 Å². The number of Topliss-reactive ketones (excluding diaryl/α,β-unsaturated/α-hetero) is 1. The molecule has 2 aromatic carbocycles. The number of aryl methyl sites for hydroxylation is 1. The summed E-state index contributed by atoms with van der Waals surface area (Å²) < 4.78 is 19.7. The lowest BCUT2D eigenvalue weighted by Crippen LogP contribution is -2.22. The monoisotopic (exact) mass is 355 g/mol. The Balaban J connectivity index is 2.06. The van der Waals surface area contributed by atoms with Gasteiger partial charge in [-0.2, -0.15) is 0 Å². The maximum atomic E-state index is 13.9. The minimum absolute atomic E-state index is 0.0691. The van der Waals surface area contributed by atoms with Crippen LogP contribution in [0.15, 0.2) is 36.1 Å². The molecule has 1 aliphatic rings. The number of ketones is 1. The van der Waals surface area contributed by atoms with Crippen LogP contribution in [0.25, 0.3) is 6.08 Å². The number of aromatic hydroxyl groups is 1. The lowest BCUT2D eigenvalue weighted by molar-refractivity contribution is 0.101. The molecule has 136 valence electrons. The predicted molar refractivity (Wildman–Crippen MR) is 98.8 cm³/mol. The maximum absolute atomic E-state index is 13.9. The zero-order chi connectivity index (χ0) is 18.8. The molecule has 3 rings (SSSR count). The molecule has 0 unspecified atom stereocenters. The highest BCUT2D eigenvalue weighted by molar-refractivity contribution is 6.15. The highest BCUT2D eigenvalue weighted by Gasteiger charge is 2.33. The number of carbonyl (C=O) groups is 1. The first-order valence-electron chi connectivity index (χ1n) is 8.72. The Kier molecular flexibility index (Phi) is 5.09. The van der Waals surface area contributed by atoms with Gasteiger partial charge in [-0.15, -0.1) is 0 Å². The van der Waals surface area contributed by atoms with Crippen LogP contribution in [0.3, 0.4) is 0 Å². The van der Waals surface area contributed by atoms with E-state index < -0.39 is 5.82 Å². The lowest BCUT2D eigenvalue weighted by atomic mass is 9.99. The second kappa shape index (κ2) is 7.30. The second-order valence-electron chi connectivity index (χ2n) is 6.32. The Bertz CT molecular complexity index is 885. The van der Waals surface area contributed by atoms with Crippen molar-refractivity contribution >= 4 is 11.9 Å². The summed E-state index contributed by atoms with van der Waals surface area (Å²) in [6.45, 7) is 7.92. The fourth-order valence-corrected chi connectivity index (χ4v) is 3.14. The van der Waals surface area contributed by atoms with E-state index in [2.05, 4.69) is 4.90 Å². The number of phenolic OH excluding ortho intramolecular Hbond substituents is 1. The van der Waals surface area contributed by atoms with E-state index in [1.54, 1.807) is 31.2 Å². The van der Waals surface area contributed by atoms with Crippen LogP contribution in [0.5, 0.6) is 11.5 Å². The molecule has 0 aliphatic carbocycles. The average molecular weight is 355 g/mol. The third-order valence-electron chi connectivity index (χ3n) is 4.69. The zero-order valence-corrected chi connectivity index (χ0v) is 15.2. The molecule has 0 radical (unpaired) electrons. The Morgan fingerprint density at radius 2 is 1.92 bits per heavy atom. The Hall–Kier alpha value is -2.66. The summed E-state index contributed by atoms with van der Waals surface area (Å²) in [4.78, 5) is 14.9. The molecular formula is C21H22FNO3. The van der Waals surface area contributed by atoms with E-state index in [1.807, 2.05) is 13.8 Å². The molecule has 0 fully saturated rings. The van der Waals surface area contributed by atoms with Gasteiger partial charge >= 0.3 is 0 Å². The van der Waals surface area contributed by atoms with Gasteiger partial charge in [-0.1, -0.05) is 32.0 Å². The van der Waals surface area contributed by atoms with Crippen LogP contribution in [0, 0.1) is 12.7 Å². The number of hydrogen-bond acceptors (Lipinski definition) is 4. The molecule has 2 aromatic rings. The van der Waals surface area contributed by atoms with Gasteiger partial charge in [0.25, 0.3) is 0 Å². The number of rotatable bonds is 5. The van der Waals surface area contributed by atoms with Gasteiger partial charge in [0.05, 0.1) is 11.1 Å². The number of hydrogen-bond donors (Lipinski definition) is 1. The number of nitrogens with zero attached hydrogens (tertiary/aromatic N) is 1. The quantitative estimate of drug-likeness (QED) is 0.813. The van der Waals surface area contributed by atoms with Gasteiger partial charge in [0.2, 0.25) is 5.78 Å². The molecule has 0 amide bonds. The Morgan fingerprint density at radius 1 is 1.23 bits per heavy atom. The van der Waals surface area contributed by atoms with E-state index >= 15 is 0 Å². The smallest absolute Gasteiger partial charge is 0.232 e. The predicted octanol–water partition coefficient (Wildman–Crippen LogP) is 4.30. The maximum Gasteiger partial charge on any atom is 0.232 e. The summed E-state index contributed by atoms with van der Waals surface area (Å²) in [5.41, 5.74) is 1.95. The molecule has 0 saturated carbocycles. The Morgan fingerprint density at radius 3 is 2.58 bits per heavy atom. The van der Waals surface area contributed by atoms with E-state index in [4.69, 9.17) is 4.74 Å². The summed E-state index contributed by atoms with van der Waals surface area (Å²) in [5, 5.41) is 10.4. The number of ether oxygens (including phenoxy) is 1. The molecule has 1 aliphatic heterocycles. The van der Waals surface area contributed by atoms with E-state index in [9.17, 15) is 14.3 Å². The van der Waals surface area contributed by atoms with Crippen LogP contribution in [-0.4, -0.2) is 28.9 Å². The van der Waals surface area contributed by atoms with Crippen molar-refractivity contribution in [2.75, 3.05) is 13.1 Å². The van der Waals surface area contributed by atoms with Crippen molar-refractivity contribution in [2.24, 2.45) is 0 Å². The molecule has 0 atom stereocenters. The van der Waals surface area contributed by atoms with Crippen molar-refractivity contribution in [3.63, 3.8) is 0 Å². The number of fused-ring (bicyclic) bond motifs is 1. The SMILES string of the molecule is CCN(CC)Cc1c(O)cc(C)c2c1O/C(=C\c1ccccc1F)C2=O. The third kappa shape index (κ3) is 3.22. The van der Waals surface area contributed by atoms with Crippen molar-refractivity contribution in [3.8, 4) is 11.5 Å². The summed E-state index contributed by atoms with van der Waals surface area (Å²) >= 11 is 0. The number of phenols is 1. The normalized spacial score (nSPS) is 14.8. The average Bonchev–Trinajstić information content (AvgIpc) is 2.94. The van der Waals surface area contributed by atoms with Crippen molar-refractivity contribution in [3.05, 3.63) is 64.2 Å². The van der Waals surface area contributed by atoms with Crippen LogP contribution >= 0.6 is 0 Å². The largest absolute Gasteiger partial charge is 0.507 e. The molecular weight excluding hydrogens is 333 g/mol. The first-order valence-corrected chi connectivity index (χ1v) is 8.72. The fourth-order valence-electron chi connectivity index (χ4n) is 3.14. The standard InChI is InChI=1S/C21H22FNO3/c1-4-23(5-2)12-15-17(24)10-13(3)19-20(25)18(26-21(15)19)11-14-8-6-7-9-16(14)22/h6-11,24H,4-5,12H2,1-3H3/b18-11-. The molecule has 0 bridgehead atoms. The van der Waals surface area contributed by atoms with Gasteiger partial charge < -0.3 is 9.84 Å². The lowest BCUT2D eigenvalue weighted by Gasteiger charge is -2.20. The number of halogens is 1. The van der Waals surface area contributed by atoms with E-state index in [1.165, 1.54) is 12.1 Å². The van der Waals surface area contributed by atoms with Crippen LogP contribution in [0.4, 0.5) is 4.39 Å². The molecule has 0 aromatic heterocycles. The first kappa shape index (κ1) is 18.1. The minimum atomic E-state index is -0.421. The van der Waals surface area contributed by atoms with Crippen LogP contribution < -0.4 is 4.74 Å². The first-order chi connectivity index (χ1) is 12.5. The van der Waals surface area contributed by atoms with Gasteiger partial charge in [-0.25, -0.2) is 4.39 Å². The van der Waals surface area contributed by atoms with E-state index in [-0.39, 0.29) is 22.9 Å². The zero-order valence-electron chi connectivity index (χ0n) is 15.2. The molecule has 26 heavy (non-hydrogen) atoms. The van der Waals surface area contributed by atoms with Crippen molar-refractivity contribution in [2.45, 2.75) is 27.3 Å². The van der Waals surface area contributed by atoms with E-state index in [0.717, 1.165) is 13.1 Å². The fraction of sp³-hybridized carbons (Fsp3) is 0.286. The molecule has 0 spiro atoms. The van der Waals surface area contributed by atoms with Gasteiger partial charge in [0.1, 0.15) is 17.3 Å². The molecule has 1 heterocycles.